The summed E-state index contributed by atoms with van der Waals surface area (Å²) in [5.74, 6) is 3.12. The Morgan fingerprint density at radius 1 is 1.23 bits per heavy atom. The smallest absolute Gasteiger partial charge is 0.293 e. The van der Waals surface area contributed by atoms with E-state index in [1.165, 1.54) is 4.90 Å². The first-order valence-electron chi connectivity index (χ1n) is 9.26. The quantitative estimate of drug-likeness (QED) is 0.387. The molecule has 1 aliphatic rings. The van der Waals surface area contributed by atoms with Gasteiger partial charge in [0.25, 0.3) is 11.1 Å². The minimum absolute atomic E-state index is 0.107. The molecule has 0 atom stereocenters. The maximum absolute atomic E-state index is 12.8. The number of hydrogen-bond acceptors (Lipinski definition) is 5. The van der Waals surface area contributed by atoms with Gasteiger partial charge in [-0.15, -0.1) is 6.42 Å². The number of benzene rings is 2. The lowest BCUT2D eigenvalue weighted by Gasteiger charge is -2.14. The number of terminal acetylenes is 1. The molecule has 2 aromatic rings. The van der Waals surface area contributed by atoms with Crippen molar-refractivity contribution in [2.75, 3.05) is 13.2 Å². The summed E-state index contributed by atoms with van der Waals surface area (Å²) in [4.78, 5) is 26.9. The molecule has 1 saturated heterocycles. The molecule has 0 radical (unpaired) electrons. The number of rotatable bonds is 7. The third-order valence-corrected chi connectivity index (χ3v) is 5.72. The first-order chi connectivity index (χ1) is 14.4. The molecule has 0 aliphatic carbocycles. The molecule has 2 amide bonds. The number of carbonyl (C=O) groups is 2. The van der Waals surface area contributed by atoms with Crippen LogP contribution in [0.1, 0.15) is 23.6 Å². The molecule has 2 aromatic carbocycles. The fourth-order valence-corrected chi connectivity index (χ4v) is 4.38. The van der Waals surface area contributed by atoms with Gasteiger partial charge in [0.05, 0.1) is 22.5 Å². The van der Waals surface area contributed by atoms with Crippen LogP contribution in [-0.4, -0.2) is 29.3 Å². The van der Waals surface area contributed by atoms with Crippen LogP contribution in [-0.2, 0) is 11.3 Å². The Bertz CT molecular complexity index is 1060. The Kier molecular flexibility index (Phi) is 7.24. The summed E-state index contributed by atoms with van der Waals surface area (Å²) >= 11 is 4.39. The molecule has 0 N–H and O–H groups in total. The third kappa shape index (κ3) is 5.07. The second-order valence-electron chi connectivity index (χ2n) is 6.51. The van der Waals surface area contributed by atoms with E-state index in [9.17, 15) is 9.59 Å². The van der Waals surface area contributed by atoms with Crippen molar-refractivity contribution in [1.29, 1.82) is 0 Å². The van der Waals surface area contributed by atoms with Gasteiger partial charge < -0.3 is 9.47 Å². The Morgan fingerprint density at radius 3 is 2.73 bits per heavy atom. The van der Waals surface area contributed by atoms with Gasteiger partial charge in [0, 0.05) is 0 Å². The van der Waals surface area contributed by atoms with Crippen LogP contribution in [0.2, 0.25) is 0 Å². The molecule has 5 nitrogen and oxygen atoms in total. The maximum atomic E-state index is 12.8. The minimum atomic E-state index is -0.312. The van der Waals surface area contributed by atoms with Crippen LogP contribution in [0.5, 0.6) is 11.5 Å². The summed E-state index contributed by atoms with van der Waals surface area (Å²) in [6.45, 7) is 4.63. The fourth-order valence-electron chi connectivity index (χ4n) is 2.97. The lowest BCUT2D eigenvalue weighted by molar-refractivity contribution is -0.123. The van der Waals surface area contributed by atoms with Crippen molar-refractivity contribution < 1.29 is 19.1 Å². The topological polar surface area (TPSA) is 55.8 Å². The number of imide groups is 1. The van der Waals surface area contributed by atoms with Crippen LogP contribution in [0.25, 0.3) is 6.08 Å². The average Bonchev–Trinajstić information content (AvgIpc) is 2.95. The van der Waals surface area contributed by atoms with Gasteiger partial charge in [-0.3, -0.25) is 14.5 Å². The van der Waals surface area contributed by atoms with E-state index >= 15 is 0 Å². The van der Waals surface area contributed by atoms with Gasteiger partial charge in [-0.05, 0) is 70.9 Å². The van der Waals surface area contributed by atoms with Gasteiger partial charge in [0.1, 0.15) is 6.61 Å². The maximum Gasteiger partial charge on any atom is 0.293 e. The SMILES string of the molecule is C#CCOc1c(Br)cc(/C=C2\SC(=O)N(Cc3cccc(C)c3)C2=O)cc1OCC. The van der Waals surface area contributed by atoms with Crippen molar-refractivity contribution in [1.82, 2.24) is 4.90 Å². The Labute approximate surface area is 188 Å². The zero-order valence-electron chi connectivity index (χ0n) is 16.6. The number of thioether (sulfide) groups is 1. The highest BCUT2D eigenvalue weighted by Crippen LogP contribution is 2.39. The van der Waals surface area contributed by atoms with Gasteiger partial charge in [-0.2, -0.15) is 0 Å². The van der Waals surface area contributed by atoms with Crippen LogP contribution >= 0.6 is 27.7 Å². The van der Waals surface area contributed by atoms with E-state index in [1.54, 1.807) is 18.2 Å². The highest BCUT2D eigenvalue weighted by atomic mass is 79.9. The second kappa shape index (κ2) is 9.88. The molecular formula is C23H20BrNO4S. The van der Waals surface area contributed by atoms with Crippen molar-refractivity contribution in [2.45, 2.75) is 20.4 Å². The number of ether oxygens (including phenoxy) is 2. The van der Waals surface area contributed by atoms with Crippen molar-refractivity contribution in [3.8, 4) is 23.8 Å². The molecule has 1 aliphatic heterocycles. The first-order valence-corrected chi connectivity index (χ1v) is 10.9. The predicted molar refractivity (Wildman–Crippen MR) is 122 cm³/mol. The monoisotopic (exact) mass is 485 g/mol. The molecule has 30 heavy (non-hydrogen) atoms. The molecule has 1 heterocycles. The Morgan fingerprint density at radius 2 is 2.03 bits per heavy atom. The van der Waals surface area contributed by atoms with E-state index in [4.69, 9.17) is 15.9 Å². The summed E-state index contributed by atoms with van der Waals surface area (Å²) in [7, 11) is 0. The standard InChI is InChI=1S/C23H20BrNO4S/c1-4-9-29-21-18(24)11-17(12-19(21)28-5-2)13-20-22(26)25(23(27)30-20)14-16-8-6-7-15(3)10-16/h1,6-8,10-13H,5,9,14H2,2-3H3/b20-13-. The molecule has 0 unspecified atom stereocenters. The minimum Gasteiger partial charge on any atom is -0.490 e. The van der Waals surface area contributed by atoms with E-state index < -0.39 is 0 Å². The average molecular weight is 486 g/mol. The molecule has 1 fully saturated rings. The number of halogens is 1. The van der Waals surface area contributed by atoms with E-state index in [1.807, 2.05) is 38.1 Å². The molecule has 0 bridgehead atoms. The molecule has 3 rings (SSSR count). The molecule has 0 aromatic heterocycles. The summed E-state index contributed by atoms with van der Waals surface area (Å²) in [5.41, 5.74) is 2.70. The Balaban J connectivity index is 1.86. The molecule has 0 saturated carbocycles. The second-order valence-corrected chi connectivity index (χ2v) is 8.36. The zero-order valence-corrected chi connectivity index (χ0v) is 19.0. The van der Waals surface area contributed by atoms with Crippen molar-refractivity contribution in [2.24, 2.45) is 0 Å². The predicted octanol–water partition coefficient (Wildman–Crippen LogP) is 5.40. The van der Waals surface area contributed by atoms with E-state index in [0.717, 1.165) is 22.9 Å². The van der Waals surface area contributed by atoms with Crippen molar-refractivity contribution >= 4 is 44.9 Å². The van der Waals surface area contributed by atoms with E-state index in [0.29, 0.717) is 33.0 Å². The van der Waals surface area contributed by atoms with Crippen LogP contribution in [0, 0.1) is 19.3 Å². The van der Waals surface area contributed by atoms with Crippen LogP contribution in [0.4, 0.5) is 4.79 Å². The van der Waals surface area contributed by atoms with Crippen molar-refractivity contribution in [3.63, 3.8) is 0 Å². The number of nitrogens with zero attached hydrogens (tertiary/aromatic N) is 1. The summed E-state index contributed by atoms with van der Waals surface area (Å²) in [5, 5.41) is -0.286. The fraction of sp³-hybridized carbons (Fsp3) is 0.217. The van der Waals surface area contributed by atoms with Gasteiger partial charge in [0.2, 0.25) is 0 Å². The summed E-state index contributed by atoms with van der Waals surface area (Å²) < 4.78 is 11.9. The number of hydrogen-bond donors (Lipinski definition) is 0. The molecular weight excluding hydrogens is 466 g/mol. The largest absolute Gasteiger partial charge is 0.490 e. The number of carbonyl (C=O) groups excluding carboxylic acids is 2. The first kappa shape index (κ1) is 22.0. The summed E-state index contributed by atoms with van der Waals surface area (Å²) in [6, 6.07) is 11.3. The molecule has 7 heteroatoms. The normalized spacial score (nSPS) is 14.9. The van der Waals surface area contributed by atoms with E-state index in [-0.39, 0.29) is 24.3 Å². The highest BCUT2D eigenvalue weighted by molar-refractivity contribution is 9.10. The van der Waals surface area contributed by atoms with E-state index in [2.05, 4.69) is 21.9 Å². The lowest BCUT2D eigenvalue weighted by Crippen LogP contribution is -2.27. The zero-order chi connectivity index (χ0) is 21.7. The van der Waals surface area contributed by atoms with Gasteiger partial charge in [-0.1, -0.05) is 35.7 Å². The third-order valence-electron chi connectivity index (χ3n) is 4.23. The highest BCUT2D eigenvalue weighted by Gasteiger charge is 2.35. The van der Waals surface area contributed by atoms with Crippen molar-refractivity contribution in [3.05, 3.63) is 62.5 Å². The van der Waals surface area contributed by atoms with Crippen LogP contribution in [0.15, 0.2) is 45.8 Å². The summed E-state index contributed by atoms with van der Waals surface area (Å²) in [6.07, 6.45) is 6.96. The van der Waals surface area contributed by atoms with Crippen LogP contribution in [0.3, 0.4) is 0 Å². The lowest BCUT2D eigenvalue weighted by atomic mass is 10.1. The molecule has 0 spiro atoms. The van der Waals surface area contributed by atoms with Crippen LogP contribution < -0.4 is 9.47 Å². The van der Waals surface area contributed by atoms with Gasteiger partial charge >= 0.3 is 0 Å². The van der Waals surface area contributed by atoms with Gasteiger partial charge in [0.15, 0.2) is 11.5 Å². The molecule has 154 valence electrons. The number of amides is 2. The number of aryl methyl sites for hydroxylation is 1. The Hall–Kier alpha value is -2.69. The van der Waals surface area contributed by atoms with Gasteiger partial charge in [-0.25, -0.2) is 0 Å².